The second-order valence-corrected chi connectivity index (χ2v) is 3.45. The van der Waals surface area contributed by atoms with Crippen molar-refractivity contribution in [3.05, 3.63) is 11.8 Å². The third kappa shape index (κ3) is 1.61. The summed E-state index contributed by atoms with van der Waals surface area (Å²) in [5, 5.41) is 23.7. The van der Waals surface area contributed by atoms with E-state index < -0.39 is 18.1 Å². The minimum Gasteiger partial charge on any atom is -0.479 e. The van der Waals surface area contributed by atoms with E-state index in [1.54, 1.807) is 0 Å². The SMILES string of the molecule is O=C(O)C1C=C2NCNC2CN1C(=O)O. The fourth-order valence-electron chi connectivity index (χ4n) is 1.82. The Hall–Kier alpha value is -1.76. The van der Waals surface area contributed by atoms with Gasteiger partial charge in [0.05, 0.1) is 12.7 Å². The molecule has 1 saturated heterocycles. The Morgan fingerprint density at radius 3 is 2.80 bits per heavy atom. The molecule has 2 aliphatic rings. The molecule has 2 unspecified atom stereocenters. The first kappa shape index (κ1) is 9.78. The van der Waals surface area contributed by atoms with Crippen LogP contribution in [0.15, 0.2) is 11.8 Å². The van der Waals surface area contributed by atoms with Gasteiger partial charge in [-0.2, -0.15) is 0 Å². The van der Waals surface area contributed by atoms with Crippen LogP contribution in [0.3, 0.4) is 0 Å². The van der Waals surface area contributed by atoms with Crippen molar-refractivity contribution < 1.29 is 19.8 Å². The van der Waals surface area contributed by atoms with Crippen LogP contribution < -0.4 is 10.6 Å². The Labute approximate surface area is 85.4 Å². The van der Waals surface area contributed by atoms with Gasteiger partial charge in [-0.1, -0.05) is 0 Å². The number of amides is 1. The Morgan fingerprint density at radius 1 is 1.47 bits per heavy atom. The lowest BCUT2D eigenvalue weighted by Gasteiger charge is -2.31. The number of carboxylic acid groups (broad SMARTS) is 2. The van der Waals surface area contributed by atoms with Crippen LogP contribution in [0.4, 0.5) is 4.79 Å². The average molecular weight is 213 g/mol. The molecule has 2 atom stereocenters. The van der Waals surface area contributed by atoms with Crippen molar-refractivity contribution in [2.24, 2.45) is 0 Å². The summed E-state index contributed by atoms with van der Waals surface area (Å²) in [5.41, 5.74) is 0.764. The molecule has 7 nitrogen and oxygen atoms in total. The van der Waals surface area contributed by atoms with E-state index in [1.807, 2.05) is 0 Å². The highest BCUT2D eigenvalue weighted by atomic mass is 16.4. The molecule has 0 aliphatic carbocycles. The summed E-state index contributed by atoms with van der Waals surface area (Å²) in [5.74, 6) is -1.16. The predicted molar refractivity (Wildman–Crippen MR) is 49.2 cm³/mol. The molecule has 4 N–H and O–H groups in total. The van der Waals surface area contributed by atoms with Gasteiger partial charge in [0.2, 0.25) is 0 Å². The lowest BCUT2D eigenvalue weighted by molar-refractivity contribution is -0.141. The zero-order chi connectivity index (χ0) is 11.0. The van der Waals surface area contributed by atoms with Crippen LogP contribution in [0.5, 0.6) is 0 Å². The van der Waals surface area contributed by atoms with Crippen LogP contribution in [-0.4, -0.2) is 52.5 Å². The van der Waals surface area contributed by atoms with Crippen molar-refractivity contribution in [3.8, 4) is 0 Å². The molecule has 0 bridgehead atoms. The molecule has 2 aliphatic heterocycles. The summed E-state index contributed by atoms with van der Waals surface area (Å²) in [6.45, 7) is 0.696. The molecule has 0 spiro atoms. The first-order valence-corrected chi connectivity index (χ1v) is 4.51. The molecule has 2 heterocycles. The van der Waals surface area contributed by atoms with Crippen molar-refractivity contribution in [1.82, 2.24) is 15.5 Å². The molecular formula is C8H11N3O4. The fraction of sp³-hybridized carbons (Fsp3) is 0.500. The van der Waals surface area contributed by atoms with E-state index in [0.717, 1.165) is 10.6 Å². The number of fused-ring (bicyclic) bond motifs is 1. The Balaban J connectivity index is 2.28. The minimum absolute atomic E-state index is 0.114. The fourth-order valence-corrected chi connectivity index (χ4v) is 1.82. The molecule has 0 aromatic carbocycles. The van der Waals surface area contributed by atoms with Crippen LogP contribution in [0.2, 0.25) is 0 Å². The normalized spacial score (nSPS) is 29.1. The molecule has 2 rings (SSSR count). The maximum atomic E-state index is 10.9. The largest absolute Gasteiger partial charge is 0.479 e. The Morgan fingerprint density at radius 2 is 2.20 bits per heavy atom. The highest BCUT2D eigenvalue weighted by Gasteiger charge is 2.37. The highest BCUT2D eigenvalue weighted by molar-refractivity contribution is 5.82. The van der Waals surface area contributed by atoms with Gasteiger partial charge in [0.1, 0.15) is 0 Å². The molecule has 0 aromatic heterocycles. The molecule has 82 valence electrons. The molecule has 1 fully saturated rings. The van der Waals surface area contributed by atoms with Gasteiger partial charge in [-0.15, -0.1) is 0 Å². The number of nitrogens with zero attached hydrogens (tertiary/aromatic N) is 1. The van der Waals surface area contributed by atoms with Gasteiger partial charge in [0, 0.05) is 12.2 Å². The van der Waals surface area contributed by atoms with Crippen molar-refractivity contribution in [3.63, 3.8) is 0 Å². The summed E-state index contributed by atoms with van der Waals surface area (Å²) in [7, 11) is 0. The van der Waals surface area contributed by atoms with E-state index in [2.05, 4.69) is 10.6 Å². The molecule has 7 heteroatoms. The lowest BCUT2D eigenvalue weighted by Crippen LogP contribution is -2.52. The van der Waals surface area contributed by atoms with E-state index in [4.69, 9.17) is 10.2 Å². The maximum absolute atomic E-state index is 10.9. The third-order valence-electron chi connectivity index (χ3n) is 2.57. The summed E-state index contributed by atoms with van der Waals surface area (Å²) >= 11 is 0. The minimum atomic E-state index is -1.22. The number of nitrogens with one attached hydrogen (secondary N) is 2. The monoisotopic (exact) mass is 213 g/mol. The van der Waals surface area contributed by atoms with Crippen molar-refractivity contribution in [2.75, 3.05) is 13.2 Å². The second-order valence-electron chi connectivity index (χ2n) is 3.45. The summed E-state index contributed by atoms with van der Waals surface area (Å²) in [4.78, 5) is 22.6. The number of rotatable bonds is 1. The van der Waals surface area contributed by atoms with E-state index in [9.17, 15) is 9.59 Å². The average Bonchev–Trinajstić information content (AvgIpc) is 2.61. The number of aliphatic carboxylic acids is 1. The number of hydrogen-bond donors (Lipinski definition) is 4. The molecule has 1 amide bonds. The molecule has 0 radical (unpaired) electrons. The summed E-state index contributed by atoms with van der Waals surface area (Å²) in [6, 6.07) is -1.21. The van der Waals surface area contributed by atoms with E-state index >= 15 is 0 Å². The van der Waals surface area contributed by atoms with E-state index in [1.165, 1.54) is 6.08 Å². The maximum Gasteiger partial charge on any atom is 0.408 e. The van der Waals surface area contributed by atoms with Crippen molar-refractivity contribution >= 4 is 12.1 Å². The first-order valence-electron chi connectivity index (χ1n) is 4.51. The van der Waals surface area contributed by atoms with Crippen LogP contribution in [0.25, 0.3) is 0 Å². The second kappa shape index (κ2) is 3.43. The van der Waals surface area contributed by atoms with Gasteiger partial charge in [-0.05, 0) is 6.08 Å². The summed E-state index contributed by atoms with van der Waals surface area (Å²) in [6.07, 6.45) is 0.219. The van der Waals surface area contributed by atoms with Crippen LogP contribution in [0, 0.1) is 0 Å². The van der Waals surface area contributed by atoms with Gasteiger partial charge < -0.3 is 15.5 Å². The van der Waals surface area contributed by atoms with E-state index in [-0.39, 0.29) is 12.6 Å². The Kier molecular flexibility index (Phi) is 2.24. The summed E-state index contributed by atoms with van der Waals surface area (Å²) < 4.78 is 0. The van der Waals surface area contributed by atoms with Gasteiger partial charge >= 0.3 is 12.1 Å². The number of hydrogen-bond acceptors (Lipinski definition) is 4. The standard InChI is InChI=1S/C8H11N3O4/c12-7(13)6-1-4-5(10-3-9-4)2-11(6)8(14)15/h1,5-6,9-10H,2-3H2,(H,12,13)(H,14,15). The molecular weight excluding hydrogens is 202 g/mol. The lowest BCUT2D eigenvalue weighted by atomic mass is 10.0. The van der Waals surface area contributed by atoms with Crippen molar-refractivity contribution in [2.45, 2.75) is 12.1 Å². The van der Waals surface area contributed by atoms with Crippen LogP contribution >= 0.6 is 0 Å². The zero-order valence-corrected chi connectivity index (χ0v) is 7.80. The van der Waals surface area contributed by atoms with Gasteiger partial charge in [0.15, 0.2) is 6.04 Å². The molecule has 0 aromatic rings. The van der Waals surface area contributed by atoms with E-state index in [0.29, 0.717) is 6.67 Å². The smallest absolute Gasteiger partial charge is 0.408 e. The Bertz CT molecular complexity index is 341. The third-order valence-corrected chi connectivity index (χ3v) is 2.57. The van der Waals surface area contributed by atoms with Gasteiger partial charge in [-0.3, -0.25) is 10.2 Å². The van der Waals surface area contributed by atoms with Crippen LogP contribution in [-0.2, 0) is 4.79 Å². The molecule has 0 saturated carbocycles. The quantitative estimate of drug-likeness (QED) is 0.438. The number of carbonyl (C=O) groups is 2. The first-order chi connectivity index (χ1) is 7.09. The van der Waals surface area contributed by atoms with Crippen molar-refractivity contribution in [1.29, 1.82) is 0 Å². The topological polar surface area (TPSA) is 102 Å². The molecule has 15 heavy (non-hydrogen) atoms. The van der Waals surface area contributed by atoms with Gasteiger partial charge in [-0.25, -0.2) is 9.59 Å². The predicted octanol–water partition coefficient (Wildman–Crippen LogP) is -1.16. The highest BCUT2D eigenvalue weighted by Crippen LogP contribution is 2.18. The van der Waals surface area contributed by atoms with Gasteiger partial charge in [0.25, 0.3) is 0 Å². The number of carboxylic acids is 1. The van der Waals surface area contributed by atoms with Crippen LogP contribution in [0.1, 0.15) is 0 Å². The zero-order valence-electron chi connectivity index (χ0n) is 7.80.